The minimum Gasteiger partial charge on any atom is -0.389 e. The zero-order valence-corrected chi connectivity index (χ0v) is 13.5. The summed E-state index contributed by atoms with van der Waals surface area (Å²) < 4.78 is 40.4. The summed E-state index contributed by atoms with van der Waals surface area (Å²) in [5, 5.41) is 0. The first kappa shape index (κ1) is 16.3. The second-order valence-electron chi connectivity index (χ2n) is 5.45. The van der Waals surface area contributed by atoms with Gasteiger partial charge in [-0.3, -0.25) is 0 Å². The lowest BCUT2D eigenvalue weighted by Gasteiger charge is -2.20. The van der Waals surface area contributed by atoms with E-state index in [4.69, 9.17) is 18.0 Å². The highest BCUT2D eigenvalue weighted by molar-refractivity contribution is 7.89. The van der Waals surface area contributed by atoms with Gasteiger partial charge >= 0.3 is 0 Å². The summed E-state index contributed by atoms with van der Waals surface area (Å²) >= 11 is 4.75. The molecule has 7 heteroatoms. The molecule has 21 heavy (non-hydrogen) atoms. The van der Waals surface area contributed by atoms with E-state index in [2.05, 4.69) is 6.92 Å². The van der Waals surface area contributed by atoms with Gasteiger partial charge in [0.1, 0.15) is 10.8 Å². The van der Waals surface area contributed by atoms with E-state index >= 15 is 0 Å². The molecule has 2 N–H and O–H groups in total. The molecule has 0 radical (unpaired) electrons. The van der Waals surface area contributed by atoms with Crippen molar-refractivity contribution in [2.75, 3.05) is 13.1 Å². The van der Waals surface area contributed by atoms with Gasteiger partial charge in [0.15, 0.2) is 0 Å². The second-order valence-corrected chi connectivity index (χ2v) is 7.82. The molecule has 0 aromatic heterocycles. The summed E-state index contributed by atoms with van der Waals surface area (Å²) in [5.74, 6) is -0.0865. The summed E-state index contributed by atoms with van der Waals surface area (Å²) in [4.78, 5) is -0.102. The van der Waals surface area contributed by atoms with Crippen molar-refractivity contribution in [2.45, 2.75) is 31.1 Å². The van der Waals surface area contributed by atoms with E-state index in [9.17, 15) is 12.8 Å². The third kappa shape index (κ3) is 3.59. The van der Waals surface area contributed by atoms with Crippen molar-refractivity contribution >= 4 is 27.2 Å². The first-order valence-corrected chi connectivity index (χ1v) is 8.76. The number of rotatable bonds is 3. The Kier molecular flexibility index (Phi) is 4.95. The van der Waals surface area contributed by atoms with Gasteiger partial charge in [0.2, 0.25) is 10.0 Å². The van der Waals surface area contributed by atoms with Crippen molar-refractivity contribution in [3.8, 4) is 0 Å². The number of nitrogens with two attached hydrogens (primary N) is 1. The number of thiocarbonyl (C=S) groups is 1. The first-order valence-electron chi connectivity index (χ1n) is 6.92. The van der Waals surface area contributed by atoms with Gasteiger partial charge in [-0.2, -0.15) is 4.31 Å². The van der Waals surface area contributed by atoms with Gasteiger partial charge in [-0.05, 0) is 43.4 Å². The van der Waals surface area contributed by atoms with Gasteiger partial charge in [-0.1, -0.05) is 19.1 Å². The molecule has 1 aliphatic rings. The van der Waals surface area contributed by atoms with E-state index in [1.165, 1.54) is 16.4 Å². The Morgan fingerprint density at radius 2 is 2.10 bits per heavy atom. The molecule has 1 unspecified atom stereocenters. The molecule has 4 nitrogen and oxygen atoms in total. The summed E-state index contributed by atoms with van der Waals surface area (Å²) in [7, 11) is -3.63. The number of benzene rings is 1. The zero-order valence-electron chi connectivity index (χ0n) is 11.9. The molecule has 116 valence electrons. The third-order valence-corrected chi connectivity index (χ3v) is 5.93. The molecule has 2 rings (SSSR count). The lowest BCUT2D eigenvalue weighted by Crippen LogP contribution is -2.32. The van der Waals surface area contributed by atoms with Gasteiger partial charge < -0.3 is 5.73 Å². The SMILES string of the molecule is CC1CCCN(S(=O)(=O)c2ccc(F)c(C(N)=S)c2)CC1. The van der Waals surface area contributed by atoms with Crippen LogP contribution in [0.1, 0.15) is 31.7 Å². The topological polar surface area (TPSA) is 63.4 Å². The van der Waals surface area contributed by atoms with Crippen LogP contribution >= 0.6 is 12.2 Å². The minimum atomic E-state index is -3.63. The fourth-order valence-electron chi connectivity index (χ4n) is 2.48. The van der Waals surface area contributed by atoms with Crippen LogP contribution in [0.5, 0.6) is 0 Å². The third-order valence-electron chi connectivity index (χ3n) is 3.82. The van der Waals surface area contributed by atoms with Crippen molar-refractivity contribution < 1.29 is 12.8 Å². The maximum Gasteiger partial charge on any atom is 0.243 e. The standard InChI is InChI=1S/C14H19FN2O2S2/c1-10-3-2-7-17(8-6-10)21(18,19)11-4-5-13(15)12(9-11)14(16)20/h4-5,9-10H,2-3,6-8H2,1H3,(H2,16,20). The fourth-order valence-corrected chi connectivity index (χ4v) is 4.16. The first-order chi connectivity index (χ1) is 9.82. The van der Waals surface area contributed by atoms with Crippen molar-refractivity contribution in [3.63, 3.8) is 0 Å². The average Bonchev–Trinajstić information content (AvgIpc) is 2.63. The van der Waals surface area contributed by atoms with Crippen LogP contribution in [0.4, 0.5) is 4.39 Å². The predicted molar refractivity (Wildman–Crippen MR) is 84.1 cm³/mol. The van der Waals surface area contributed by atoms with Crippen molar-refractivity contribution in [2.24, 2.45) is 11.7 Å². The van der Waals surface area contributed by atoms with Crippen LogP contribution in [-0.2, 0) is 10.0 Å². The maximum absolute atomic E-state index is 13.6. The Hall–Kier alpha value is -1.05. The molecule has 1 aromatic carbocycles. The fraction of sp³-hybridized carbons (Fsp3) is 0.500. The number of nitrogens with zero attached hydrogens (tertiary/aromatic N) is 1. The molecule has 1 saturated heterocycles. The van der Waals surface area contributed by atoms with Crippen LogP contribution in [-0.4, -0.2) is 30.8 Å². The second kappa shape index (κ2) is 6.37. The van der Waals surface area contributed by atoms with Crippen LogP contribution in [0.2, 0.25) is 0 Å². The predicted octanol–water partition coefficient (Wildman–Crippen LogP) is 2.27. The van der Waals surface area contributed by atoms with Crippen LogP contribution in [0.25, 0.3) is 0 Å². The van der Waals surface area contributed by atoms with Gasteiger partial charge in [-0.15, -0.1) is 0 Å². The van der Waals surface area contributed by atoms with Crippen LogP contribution in [0.3, 0.4) is 0 Å². The number of hydrogen-bond acceptors (Lipinski definition) is 3. The highest BCUT2D eigenvalue weighted by Crippen LogP contribution is 2.24. The van der Waals surface area contributed by atoms with Crippen molar-refractivity contribution in [3.05, 3.63) is 29.6 Å². The normalized spacial score (nSPS) is 21.0. The zero-order chi connectivity index (χ0) is 15.6. The van der Waals surface area contributed by atoms with E-state index in [0.717, 1.165) is 25.3 Å². The minimum absolute atomic E-state index is 0.0331. The number of sulfonamides is 1. The lowest BCUT2D eigenvalue weighted by atomic mass is 10.0. The molecular weight excluding hydrogens is 311 g/mol. The monoisotopic (exact) mass is 330 g/mol. The lowest BCUT2D eigenvalue weighted by molar-refractivity contribution is 0.416. The Labute approximate surface area is 130 Å². The van der Waals surface area contributed by atoms with E-state index in [1.54, 1.807) is 0 Å². The summed E-state index contributed by atoms with van der Waals surface area (Å²) in [6.07, 6.45) is 2.69. The highest BCUT2D eigenvalue weighted by atomic mass is 32.2. The van der Waals surface area contributed by atoms with Crippen LogP contribution in [0, 0.1) is 11.7 Å². The quantitative estimate of drug-likeness (QED) is 0.864. The van der Waals surface area contributed by atoms with Gasteiger partial charge in [-0.25, -0.2) is 12.8 Å². The number of hydrogen-bond donors (Lipinski definition) is 1. The molecule has 0 amide bonds. The maximum atomic E-state index is 13.6. The number of halogens is 1. The average molecular weight is 330 g/mol. The Bertz CT molecular complexity index is 646. The van der Waals surface area contributed by atoms with E-state index in [0.29, 0.717) is 19.0 Å². The Morgan fingerprint density at radius 3 is 2.76 bits per heavy atom. The molecule has 1 heterocycles. The van der Waals surface area contributed by atoms with Gasteiger partial charge in [0, 0.05) is 18.7 Å². The molecule has 0 spiro atoms. The van der Waals surface area contributed by atoms with Crippen LogP contribution < -0.4 is 5.73 Å². The summed E-state index contributed by atoms with van der Waals surface area (Å²) in [6.45, 7) is 3.11. The Balaban J connectivity index is 2.35. The molecule has 0 saturated carbocycles. The molecular formula is C14H19FN2O2S2. The largest absolute Gasteiger partial charge is 0.389 e. The van der Waals surface area contributed by atoms with Gasteiger partial charge in [0.05, 0.1) is 4.90 Å². The van der Waals surface area contributed by atoms with E-state index < -0.39 is 15.8 Å². The molecule has 1 atom stereocenters. The van der Waals surface area contributed by atoms with Crippen molar-refractivity contribution in [1.29, 1.82) is 0 Å². The van der Waals surface area contributed by atoms with Gasteiger partial charge in [0.25, 0.3) is 0 Å². The van der Waals surface area contributed by atoms with E-state index in [-0.39, 0.29) is 15.4 Å². The molecule has 1 fully saturated rings. The Morgan fingerprint density at radius 1 is 1.38 bits per heavy atom. The van der Waals surface area contributed by atoms with E-state index in [1.807, 2.05) is 0 Å². The smallest absolute Gasteiger partial charge is 0.243 e. The molecule has 0 aliphatic carbocycles. The summed E-state index contributed by atoms with van der Waals surface area (Å²) in [6, 6.07) is 3.59. The highest BCUT2D eigenvalue weighted by Gasteiger charge is 2.27. The van der Waals surface area contributed by atoms with Crippen LogP contribution in [0.15, 0.2) is 23.1 Å². The molecule has 0 bridgehead atoms. The molecule has 1 aromatic rings. The summed E-state index contributed by atoms with van der Waals surface area (Å²) in [5.41, 5.74) is 5.40. The van der Waals surface area contributed by atoms with Crippen molar-refractivity contribution in [1.82, 2.24) is 4.31 Å². The molecule has 1 aliphatic heterocycles.